The zero-order valence-corrected chi connectivity index (χ0v) is 26.5. The fourth-order valence-corrected chi connectivity index (χ4v) is 6.72. The summed E-state index contributed by atoms with van der Waals surface area (Å²) in [6.45, 7) is 14.6. The van der Waals surface area contributed by atoms with Gasteiger partial charge in [0.1, 0.15) is 12.2 Å². The van der Waals surface area contributed by atoms with Gasteiger partial charge < -0.3 is 9.47 Å². The van der Waals surface area contributed by atoms with Crippen LogP contribution in [0.1, 0.15) is 36.8 Å². The van der Waals surface area contributed by atoms with Crippen molar-refractivity contribution in [2.75, 3.05) is 0 Å². The van der Waals surface area contributed by atoms with Crippen molar-refractivity contribution in [3.05, 3.63) is 135 Å². The van der Waals surface area contributed by atoms with Gasteiger partial charge >= 0.3 is 11.9 Å². The highest BCUT2D eigenvalue weighted by Crippen LogP contribution is 2.40. The van der Waals surface area contributed by atoms with Crippen LogP contribution in [0.15, 0.2) is 123 Å². The predicted octanol–water partition coefficient (Wildman–Crippen LogP) is 10.0. The normalized spacial score (nSPS) is 10.9. The number of hydrogen-bond donors (Lipinski definition) is 0. The first kappa shape index (κ1) is 32.6. The summed E-state index contributed by atoms with van der Waals surface area (Å²) in [6, 6.07) is 25.9. The van der Waals surface area contributed by atoms with E-state index in [9.17, 15) is 9.59 Å². The Morgan fingerprint density at radius 1 is 0.545 bits per heavy atom. The first-order valence-electron chi connectivity index (χ1n) is 14.7. The van der Waals surface area contributed by atoms with Gasteiger partial charge in [0.2, 0.25) is 0 Å². The Bertz CT molecular complexity index is 1440. The molecule has 0 saturated heterocycles. The molecule has 0 aliphatic heterocycles. The summed E-state index contributed by atoms with van der Waals surface area (Å²) in [5.74, 6) is -0.464. The highest BCUT2D eigenvalue weighted by molar-refractivity contribution is 7.25. The first-order chi connectivity index (χ1) is 21.4. The number of carbonyl (C=O) groups excluding carboxylic acids is 2. The summed E-state index contributed by atoms with van der Waals surface area (Å²) < 4.78 is 10.6. The lowest BCUT2D eigenvalue weighted by molar-refractivity contribution is -0.146. The van der Waals surface area contributed by atoms with E-state index in [4.69, 9.17) is 9.47 Å². The molecular formula is C38H38O4S2. The molecule has 0 aliphatic carbocycles. The maximum atomic E-state index is 12.0. The lowest BCUT2D eigenvalue weighted by atomic mass is 10.1. The number of thiophene rings is 2. The van der Waals surface area contributed by atoms with E-state index in [0.717, 1.165) is 25.7 Å². The fourth-order valence-electron chi connectivity index (χ4n) is 4.60. The third-order valence-corrected chi connectivity index (χ3v) is 9.55. The lowest BCUT2D eigenvalue weighted by Gasteiger charge is -2.09. The van der Waals surface area contributed by atoms with Crippen LogP contribution in [0.5, 0.6) is 0 Å². The third kappa shape index (κ3) is 9.37. The van der Waals surface area contributed by atoms with E-state index in [1.54, 1.807) is 47.0 Å². The van der Waals surface area contributed by atoms with E-state index in [-0.39, 0.29) is 11.9 Å². The Hall–Kier alpha value is -4.26. The molecule has 226 valence electrons. The molecule has 0 amide bonds. The van der Waals surface area contributed by atoms with Crippen LogP contribution in [-0.2, 0) is 31.9 Å². The molecule has 0 unspecified atom stereocenters. The van der Waals surface area contributed by atoms with Crippen molar-refractivity contribution >= 4 is 34.6 Å². The van der Waals surface area contributed by atoms with Crippen LogP contribution in [0.2, 0.25) is 0 Å². The largest absolute Gasteiger partial charge is 0.454 e. The lowest BCUT2D eigenvalue weighted by Crippen LogP contribution is -2.13. The van der Waals surface area contributed by atoms with Crippen LogP contribution in [0.3, 0.4) is 0 Å². The van der Waals surface area contributed by atoms with Gasteiger partial charge in [-0.2, -0.15) is 0 Å². The molecule has 4 rings (SSSR count). The fraction of sp³-hybridized carbons (Fsp3) is 0.211. The minimum atomic E-state index is -0.430. The molecule has 2 aromatic heterocycles. The van der Waals surface area contributed by atoms with Crippen molar-refractivity contribution in [3.63, 3.8) is 0 Å². The Kier molecular flexibility index (Phi) is 12.3. The minimum Gasteiger partial charge on any atom is -0.454 e. The van der Waals surface area contributed by atoms with Crippen molar-refractivity contribution in [2.24, 2.45) is 0 Å². The number of rotatable bonds is 17. The van der Waals surface area contributed by atoms with Crippen LogP contribution in [0, 0.1) is 0 Å². The van der Waals surface area contributed by atoms with Gasteiger partial charge in [0.05, 0.1) is 0 Å². The van der Waals surface area contributed by atoms with Crippen molar-refractivity contribution in [1.82, 2.24) is 0 Å². The molecule has 0 spiro atoms. The monoisotopic (exact) mass is 622 g/mol. The van der Waals surface area contributed by atoms with Gasteiger partial charge in [-0.3, -0.25) is 9.59 Å². The van der Waals surface area contributed by atoms with Crippen LogP contribution in [-0.4, -0.2) is 24.1 Å². The minimum absolute atomic E-state index is 0.232. The summed E-state index contributed by atoms with van der Waals surface area (Å²) in [5, 5.41) is 0. The molecule has 0 bridgehead atoms. The number of ether oxygens (including phenoxy) is 2. The highest BCUT2D eigenvalue weighted by atomic mass is 32.1. The second-order valence-corrected chi connectivity index (χ2v) is 12.4. The second kappa shape index (κ2) is 16.6. The summed E-state index contributed by atoms with van der Waals surface area (Å²) in [6.07, 6.45) is 9.23. The van der Waals surface area contributed by atoms with E-state index in [2.05, 4.69) is 99.1 Å². The number of benzene rings is 2. The Morgan fingerprint density at radius 3 is 1.23 bits per heavy atom. The van der Waals surface area contributed by atoms with Crippen LogP contribution in [0.4, 0.5) is 0 Å². The smallest absolute Gasteiger partial charge is 0.306 e. The summed E-state index contributed by atoms with van der Waals surface area (Å²) in [5.41, 5.74) is 4.77. The molecule has 0 aliphatic rings. The molecule has 0 fully saturated rings. The molecule has 0 saturated carbocycles. The van der Waals surface area contributed by atoms with Gasteiger partial charge in [-0.25, -0.2) is 0 Å². The average Bonchev–Trinajstić information content (AvgIpc) is 3.74. The van der Waals surface area contributed by atoms with Gasteiger partial charge in [-0.15, -0.1) is 22.7 Å². The van der Waals surface area contributed by atoms with Crippen LogP contribution >= 0.6 is 22.7 Å². The van der Waals surface area contributed by atoms with Crippen molar-refractivity contribution < 1.29 is 19.1 Å². The summed E-state index contributed by atoms with van der Waals surface area (Å²) >= 11 is 3.58. The summed E-state index contributed by atoms with van der Waals surface area (Å²) in [4.78, 5) is 28.9. The Labute approximate surface area is 268 Å². The quantitative estimate of drug-likeness (QED) is 0.0869. The van der Waals surface area contributed by atoms with Gasteiger partial charge in [-0.1, -0.05) is 74.8 Å². The zero-order valence-electron chi connectivity index (χ0n) is 24.9. The Balaban J connectivity index is 1.27. The third-order valence-electron chi connectivity index (χ3n) is 7.09. The van der Waals surface area contributed by atoms with E-state index in [1.807, 2.05) is 0 Å². The van der Waals surface area contributed by atoms with Crippen molar-refractivity contribution in [2.45, 2.75) is 50.7 Å². The molecule has 2 heterocycles. The van der Waals surface area contributed by atoms with Crippen LogP contribution < -0.4 is 0 Å². The van der Waals surface area contributed by atoms with E-state index < -0.39 is 12.2 Å². The first-order valence-corrected chi connectivity index (χ1v) is 16.3. The number of carbonyl (C=O) groups is 2. The van der Waals surface area contributed by atoms with Gasteiger partial charge in [0, 0.05) is 32.4 Å². The molecule has 44 heavy (non-hydrogen) atoms. The maximum Gasteiger partial charge on any atom is 0.306 e. The zero-order chi connectivity index (χ0) is 31.3. The second-order valence-electron chi connectivity index (χ2n) is 10.3. The standard InChI is InChI=1S/C38H38O4S2/c1-5-31(6-2)41-37(39)13-9-11-27-15-19-29(20-16-27)33-23-25-35(43-33)36-26-24-34(44-36)30-21-17-28(18-22-30)12-10-14-38(40)42-32(7-3)8-4/h5-8,15-26,31-32H,1-4,9-14H2. The maximum absolute atomic E-state index is 12.0. The van der Waals surface area contributed by atoms with Crippen molar-refractivity contribution in [1.29, 1.82) is 0 Å². The van der Waals surface area contributed by atoms with E-state index in [0.29, 0.717) is 12.8 Å². The predicted molar refractivity (Wildman–Crippen MR) is 185 cm³/mol. The molecule has 4 nitrogen and oxygen atoms in total. The molecule has 0 radical (unpaired) electrons. The molecule has 0 N–H and O–H groups in total. The number of esters is 2. The highest BCUT2D eigenvalue weighted by Gasteiger charge is 2.11. The molecular weight excluding hydrogens is 585 g/mol. The molecule has 2 aromatic carbocycles. The van der Waals surface area contributed by atoms with E-state index >= 15 is 0 Å². The average molecular weight is 623 g/mol. The summed E-state index contributed by atoms with van der Waals surface area (Å²) in [7, 11) is 0. The van der Waals surface area contributed by atoms with Crippen LogP contribution in [0.25, 0.3) is 30.6 Å². The SMILES string of the molecule is C=CC(C=C)OC(=O)CCCc1ccc(-c2ccc(-c3ccc(-c4ccc(CCCC(=O)OC(C=C)C=C)cc4)s3)s2)cc1. The molecule has 4 aromatic rings. The Morgan fingerprint density at radius 2 is 0.886 bits per heavy atom. The topological polar surface area (TPSA) is 52.6 Å². The molecule has 0 atom stereocenters. The number of hydrogen-bond acceptors (Lipinski definition) is 6. The molecule has 6 heteroatoms. The number of aryl methyl sites for hydroxylation is 2. The van der Waals surface area contributed by atoms with Gasteiger partial charge in [-0.05, 0) is 96.5 Å². The van der Waals surface area contributed by atoms with E-state index in [1.165, 1.54) is 41.8 Å². The van der Waals surface area contributed by atoms with Crippen molar-refractivity contribution in [3.8, 4) is 30.6 Å². The van der Waals surface area contributed by atoms with Gasteiger partial charge in [0.15, 0.2) is 0 Å². The van der Waals surface area contributed by atoms with Gasteiger partial charge in [0.25, 0.3) is 0 Å².